The molecule has 0 bridgehead atoms. The molecular formula is C77H130O6. The number of rotatable bonds is 63. The van der Waals surface area contributed by atoms with Crippen molar-refractivity contribution in [2.45, 2.75) is 335 Å². The molecule has 0 aliphatic carbocycles. The first-order valence-electron chi connectivity index (χ1n) is 35.0. The molecule has 0 rings (SSSR count). The highest BCUT2D eigenvalue weighted by Gasteiger charge is 2.19. The summed E-state index contributed by atoms with van der Waals surface area (Å²) < 4.78 is 17.0. The van der Waals surface area contributed by atoms with Crippen molar-refractivity contribution in [2.75, 3.05) is 13.2 Å². The van der Waals surface area contributed by atoms with Gasteiger partial charge in [0.05, 0.1) is 0 Å². The van der Waals surface area contributed by atoms with E-state index in [1.54, 1.807) is 0 Å². The van der Waals surface area contributed by atoms with E-state index in [0.29, 0.717) is 19.3 Å². The largest absolute Gasteiger partial charge is 0.462 e. The summed E-state index contributed by atoms with van der Waals surface area (Å²) in [5, 5.41) is 0. The van der Waals surface area contributed by atoms with E-state index < -0.39 is 6.10 Å². The topological polar surface area (TPSA) is 78.9 Å². The zero-order valence-corrected chi connectivity index (χ0v) is 54.4. The van der Waals surface area contributed by atoms with Crippen molar-refractivity contribution in [3.63, 3.8) is 0 Å². The van der Waals surface area contributed by atoms with Crippen LogP contribution in [0.5, 0.6) is 0 Å². The van der Waals surface area contributed by atoms with Gasteiger partial charge in [0.1, 0.15) is 13.2 Å². The van der Waals surface area contributed by atoms with Crippen molar-refractivity contribution in [3.05, 3.63) is 122 Å². The molecule has 0 spiro atoms. The highest BCUT2D eigenvalue weighted by Crippen LogP contribution is 2.16. The molecule has 0 saturated carbocycles. The molecule has 0 fully saturated rings. The zero-order chi connectivity index (χ0) is 59.9. The SMILES string of the molecule is CC/C=C\C/C=C\C/C=C\C/C=C\C/C=C\C/C=C\CCCCCCC(=O)OCC(COC(=O)CCCCCCCCCCC/C=C\CCCCCCCCCC)OC(=O)CCCCCCCC/C=C\C/C=C\C/C=C\CCCCCCC. The number of esters is 3. The molecule has 1 unspecified atom stereocenters. The number of ether oxygens (including phenoxy) is 3. The summed E-state index contributed by atoms with van der Waals surface area (Å²) >= 11 is 0. The molecule has 6 nitrogen and oxygen atoms in total. The van der Waals surface area contributed by atoms with E-state index >= 15 is 0 Å². The molecule has 6 heteroatoms. The summed E-state index contributed by atoms with van der Waals surface area (Å²) in [6.45, 7) is 6.51. The Balaban J connectivity index is 4.48. The Hall–Kier alpha value is -4.19. The Morgan fingerprint density at radius 3 is 0.747 bits per heavy atom. The van der Waals surface area contributed by atoms with Crippen molar-refractivity contribution < 1.29 is 28.6 Å². The van der Waals surface area contributed by atoms with Crippen molar-refractivity contribution in [1.82, 2.24) is 0 Å². The lowest BCUT2D eigenvalue weighted by Gasteiger charge is -2.18. The molecular weight excluding hydrogens is 1020 g/mol. The van der Waals surface area contributed by atoms with Gasteiger partial charge in [0.2, 0.25) is 0 Å². The van der Waals surface area contributed by atoms with Gasteiger partial charge in [-0.3, -0.25) is 14.4 Å². The fraction of sp³-hybridized carbons (Fsp3) is 0.701. The number of unbranched alkanes of at least 4 members (excludes halogenated alkanes) is 32. The lowest BCUT2D eigenvalue weighted by Crippen LogP contribution is -2.30. The van der Waals surface area contributed by atoms with E-state index in [2.05, 4.69) is 142 Å². The third-order valence-corrected chi connectivity index (χ3v) is 14.9. The molecule has 0 aromatic carbocycles. The van der Waals surface area contributed by atoms with Gasteiger partial charge in [-0.1, -0.05) is 296 Å². The van der Waals surface area contributed by atoms with Crippen molar-refractivity contribution >= 4 is 17.9 Å². The Kier molecular flexibility index (Phi) is 66.7. The monoisotopic (exact) mass is 1150 g/mol. The van der Waals surface area contributed by atoms with Crippen LogP contribution in [-0.2, 0) is 28.6 Å². The molecule has 0 heterocycles. The van der Waals surface area contributed by atoms with Gasteiger partial charge in [0, 0.05) is 19.3 Å². The predicted octanol–water partition coefficient (Wildman–Crippen LogP) is 24.3. The van der Waals surface area contributed by atoms with Crippen LogP contribution in [0.15, 0.2) is 122 Å². The van der Waals surface area contributed by atoms with Gasteiger partial charge in [-0.15, -0.1) is 0 Å². The molecule has 83 heavy (non-hydrogen) atoms. The minimum atomic E-state index is -0.803. The smallest absolute Gasteiger partial charge is 0.306 e. The van der Waals surface area contributed by atoms with E-state index in [1.807, 2.05) is 0 Å². The van der Waals surface area contributed by atoms with Crippen LogP contribution in [0.1, 0.15) is 329 Å². The average Bonchev–Trinajstić information content (AvgIpc) is 3.49. The summed E-state index contributed by atoms with van der Waals surface area (Å²) in [7, 11) is 0. The second-order valence-electron chi connectivity index (χ2n) is 23.1. The number of hydrogen-bond donors (Lipinski definition) is 0. The molecule has 0 saturated heterocycles. The summed E-state index contributed by atoms with van der Waals surface area (Å²) in [4.78, 5) is 38.5. The number of carbonyl (C=O) groups is 3. The number of allylic oxidation sites excluding steroid dienone is 20. The quantitative estimate of drug-likeness (QED) is 0.0261. The van der Waals surface area contributed by atoms with Gasteiger partial charge in [0.15, 0.2) is 6.10 Å². The molecule has 0 aromatic rings. The standard InChI is InChI=1S/C77H130O6/c1-4-7-10-13-16-19-22-25-28-31-34-37-38-41-43-46-49-52-55-58-61-64-67-70-76(79)82-73-74(83-77(80)71-68-65-62-59-56-53-50-47-44-40-36-33-30-27-24-21-18-15-12-9-6-3)72-81-75(78)69-66-63-60-57-54-51-48-45-42-39-35-32-29-26-23-20-17-14-11-8-5-2/h7,10,16,19,24-25,27-28,32-37,41,43-44,47,49,52,74H,4-6,8-9,11-15,17-18,20-23,26,29-31,38-40,42,45-46,48,50-51,53-73H2,1-3H3/b10-7-,19-16-,27-24-,28-25-,35-32-,36-33-,37-34-,43-41-,47-44-,52-49-. The van der Waals surface area contributed by atoms with E-state index in [4.69, 9.17) is 14.2 Å². The molecule has 0 aliphatic heterocycles. The van der Waals surface area contributed by atoms with Crippen LogP contribution >= 0.6 is 0 Å². The first kappa shape index (κ1) is 78.8. The molecule has 474 valence electrons. The fourth-order valence-corrected chi connectivity index (χ4v) is 9.68. The van der Waals surface area contributed by atoms with Gasteiger partial charge in [-0.2, -0.15) is 0 Å². The third kappa shape index (κ3) is 68.5. The molecule has 0 N–H and O–H groups in total. The zero-order valence-electron chi connectivity index (χ0n) is 54.4. The molecule has 0 amide bonds. The maximum atomic E-state index is 13.0. The Labute approximate surface area is 513 Å². The summed E-state index contributed by atoms with van der Waals surface area (Å²) in [6.07, 6.45) is 97.8. The molecule has 1 atom stereocenters. The Morgan fingerprint density at radius 1 is 0.253 bits per heavy atom. The summed E-state index contributed by atoms with van der Waals surface area (Å²) in [6, 6.07) is 0. The van der Waals surface area contributed by atoms with Crippen LogP contribution in [0.3, 0.4) is 0 Å². The molecule has 0 aromatic heterocycles. The highest BCUT2D eigenvalue weighted by atomic mass is 16.6. The second-order valence-corrected chi connectivity index (χ2v) is 23.1. The summed E-state index contributed by atoms with van der Waals surface area (Å²) in [5.74, 6) is -0.925. The first-order valence-corrected chi connectivity index (χ1v) is 35.0. The van der Waals surface area contributed by atoms with Crippen LogP contribution < -0.4 is 0 Å². The van der Waals surface area contributed by atoms with E-state index in [0.717, 1.165) is 135 Å². The van der Waals surface area contributed by atoms with Gasteiger partial charge in [-0.05, 0) is 135 Å². The van der Waals surface area contributed by atoms with Crippen LogP contribution in [0.4, 0.5) is 0 Å². The van der Waals surface area contributed by atoms with Gasteiger partial charge in [0.25, 0.3) is 0 Å². The summed E-state index contributed by atoms with van der Waals surface area (Å²) in [5.41, 5.74) is 0. The third-order valence-electron chi connectivity index (χ3n) is 14.9. The average molecular weight is 1150 g/mol. The molecule has 0 radical (unpaired) electrons. The Bertz CT molecular complexity index is 1700. The van der Waals surface area contributed by atoms with Crippen molar-refractivity contribution in [3.8, 4) is 0 Å². The van der Waals surface area contributed by atoms with Crippen LogP contribution in [-0.4, -0.2) is 37.2 Å². The van der Waals surface area contributed by atoms with Crippen molar-refractivity contribution in [2.24, 2.45) is 0 Å². The van der Waals surface area contributed by atoms with E-state index in [1.165, 1.54) is 154 Å². The van der Waals surface area contributed by atoms with Crippen LogP contribution in [0, 0.1) is 0 Å². The lowest BCUT2D eigenvalue weighted by atomic mass is 10.1. The fourth-order valence-electron chi connectivity index (χ4n) is 9.68. The number of hydrogen-bond acceptors (Lipinski definition) is 6. The maximum Gasteiger partial charge on any atom is 0.306 e. The van der Waals surface area contributed by atoms with E-state index in [9.17, 15) is 14.4 Å². The minimum Gasteiger partial charge on any atom is -0.462 e. The second kappa shape index (κ2) is 70.3. The predicted molar refractivity (Wildman–Crippen MR) is 362 cm³/mol. The normalized spacial score (nSPS) is 12.9. The van der Waals surface area contributed by atoms with E-state index in [-0.39, 0.29) is 31.1 Å². The maximum absolute atomic E-state index is 13.0. The van der Waals surface area contributed by atoms with Crippen molar-refractivity contribution in [1.29, 1.82) is 0 Å². The number of carbonyl (C=O) groups excluding carboxylic acids is 3. The minimum absolute atomic E-state index is 0.0944. The molecule has 0 aliphatic rings. The van der Waals surface area contributed by atoms with Gasteiger partial charge >= 0.3 is 17.9 Å². The highest BCUT2D eigenvalue weighted by molar-refractivity contribution is 5.71. The van der Waals surface area contributed by atoms with Gasteiger partial charge < -0.3 is 14.2 Å². The first-order chi connectivity index (χ1) is 41.0. The Morgan fingerprint density at radius 2 is 0.470 bits per heavy atom. The van der Waals surface area contributed by atoms with Crippen LogP contribution in [0.2, 0.25) is 0 Å². The lowest BCUT2D eigenvalue weighted by molar-refractivity contribution is -0.167. The van der Waals surface area contributed by atoms with Gasteiger partial charge in [-0.25, -0.2) is 0 Å². The van der Waals surface area contributed by atoms with Crippen LogP contribution in [0.25, 0.3) is 0 Å².